The van der Waals surface area contributed by atoms with Crippen LogP contribution in [-0.2, 0) is 19.3 Å². The number of nitrogens with one attached hydrogen (secondary N) is 2. The minimum Gasteiger partial charge on any atom is -0.277 e. The van der Waals surface area contributed by atoms with E-state index >= 15 is 0 Å². The Hall–Kier alpha value is -1.36. The Balaban J connectivity index is 2.32. The number of hydrogen-bond donors (Lipinski definition) is 2. The normalized spacial score (nSPS) is 10.3. The molecule has 0 unspecified atom stereocenters. The van der Waals surface area contributed by atoms with E-state index in [1.807, 2.05) is 0 Å². The third-order valence-electron chi connectivity index (χ3n) is 2.18. The van der Waals surface area contributed by atoms with Gasteiger partial charge in [0.2, 0.25) is 11.8 Å². The number of amides is 2. The first-order valence-corrected chi connectivity index (χ1v) is 8.35. The zero-order valence-electron chi connectivity index (χ0n) is 12.3. The van der Waals surface area contributed by atoms with E-state index in [9.17, 15) is 9.59 Å². The van der Waals surface area contributed by atoms with Crippen LogP contribution in [0.2, 0.25) is 0 Å². The lowest BCUT2D eigenvalue weighted by atomic mass is 10.5. The Bertz CT molecular complexity index is 451. The number of carbonyl (C=O) groups excluding carboxylic acids is 2. The molecule has 0 fully saturated rings. The topological polar surface area (TPSA) is 102 Å². The molecule has 0 saturated heterocycles. The highest BCUT2D eigenvalue weighted by Gasteiger charge is 2.06. The fraction of sp³-hybridized carbons (Fsp3) is 0.500. The van der Waals surface area contributed by atoms with Gasteiger partial charge < -0.3 is 0 Å². The molecule has 0 spiro atoms. The molecule has 0 radical (unpaired) electrons. The minimum absolute atomic E-state index is 0.178. The van der Waals surface area contributed by atoms with Gasteiger partial charge in [0.1, 0.15) is 5.03 Å². The second kappa shape index (κ2) is 11.2. The fourth-order valence-electron chi connectivity index (χ4n) is 1.29. The summed E-state index contributed by atoms with van der Waals surface area (Å²) >= 11 is 2.84. The molecule has 8 nitrogen and oxygen atoms in total. The quantitative estimate of drug-likeness (QED) is 0.277. The predicted octanol–water partition coefficient (Wildman–Crippen LogP) is 0.796. The second-order valence-corrected chi connectivity index (χ2v) is 6.01. The second-order valence-electron chi connectivity index (χ2n) is 3.83. The van der Waals surface area contributed by atoms with Crippen molar-refractivity contribution in [1.29, 1.82) is 0 Å². The Kier molecular flexibility index (Phi) is 9.55. The summed E-state index contributed by atoms with van der Waals surface area (Å²) in [7, 11) is 2.79. The SMILES string of the molecule is CONC(=O)CCSc1ccnc(SCCC(=O)NOC)n1. The number of rotatable bonds is 10. The molecule has 1 rings (SSSR count). The molecule has 2 amide bonds. The maximum absolute atomic E-state index is 11.2. The Morgan fingerprint density at radius 2 is 1.68 bits per heavy atom. The summed E-state index contributed by atoms with van der Waals surface area (Å²) in [5.41, 5.74) is 4.50. The van der Waals surface area contributed by atoms with Gasteiger partial charge in [0.25, 0.3) is 0 Å². The zero-order chi connectivity index (χ0) is 16.2. The molecular formula is C12H18N4O4S2. The average Bonchev–Trinajstić information content (AvgIpc) is 2.48. The van der Waals surface area contributed by atoms with Gasteiger partial charge in [-0.05, 0) is 6.07 Å². The van der Waals surface area contributed by atoms with Crippen LogP contribution in [0.1, 0.15) is 12.8 Å². The molecule has 0 aliphatic heterocycles. The van der Waals surface area contributed by atoms with Crippen LogP contribution in [0.15, 0.2) is 22.4 Å². The number of aromatic nitrogens is 2. The zero-order valence-corrected chi connectivity index (χ0v) is 14.0. The average molecular weight is 346 g/mol. The van der Waals surface area contributed by atoms with Crippen LogP contribution in [-0.4, -0.2) is 47.5 Å². The standard InChI is InChI=1S/C12H18N4O4S2/c1-19-15-9(17)4-7-21-11-3-6-13-12(14-11)22-8-5-10(18)16-20-2/h3,6H,4-5,7-8H2,1-2H3,(H,15,17)(H,16,18). The first-order chi connectivity index (χ1) is 10.7. The van der Waals surface area contributed by atoms with Crippen molar-refractivity contribution in [3.05, 3.63) is 12.3 Å². The van der Waals surface area contributed by atoms with Crippen molar-refractivity contribution in [3.8, 4) is 0 Å². The minimum atomic E-state index is -0.190. The van der Waals surface area contributed by atoms with Gasteiger partial charge in [-0.15, -0.1) is 11.8 Å². The van der Waals surface area contributed by atoms with E-state index in [4.69, 9.17) is 0 Å². The third kappa shape index (κ3) is 8.17. The summed E-state index contributed by atoms with van der Waals surface area (Å²) in [6.45, 7) is 0. The van der Waals surface area contributed by atoms with Crippen molar-refractivity contribution >= 4 is 35.3 Å². The number of nitrogens with zero attached hydrogens (tertiary/aromatic N) is 2. The lowest BCUT2D eigenvalue weighted by Gasteiger charge is -2.04. The van der Waals surface area contributed by atoms with Crippen LogP contribution in [0, 0.1) is 0 Å². The van der Waals surface area contributed by atoms with Gasteiger partial charge in [-0.25, -0.2) is 20.9 Å². The van der Waals surface area contributed by atoms with Gasteiger partial charge in [-0.3, -0.25) is 19.3 Å². The Morgan fingerprint density at radius 3 is 2.27 bits per heavy atom. The summed E-state index contributed by atoms with van der Waals surface area (Å²) in [5, 5.41) is 1.38. The lowest BCUT2D eigenvalue weighted by Crippen LogP contribution is -2.22. The monoisotopic (exact) mass is 346 g/mol. The Labute approximate surface area is 137 Å². The van der Waals surface area contributed by atoms with Crippen molar-refractivity contribution in [3.63, 3.8) is 0 Å². The molecule has 0 atom stereocenters. The first-order valence-electron chi connectivity index (χ1n) is 6.38. The highest BCUT2D eigenvalue weighted by Crippen LogP contribution is 2.20. The molecule has 22 heavy (non-hydrogen) atoms. The first kappa shape index (κ1) is 18.7. The summed E-state index contributed by atoms with van der Waals surface area (Å²) in [6.07, 6.45) is 2.31. The van der Waals surface area contributed by atoms with Crippen LogP contribution in [0.4, 0.5) is 0 Å². The van der Waals surface area contributed by atoms with Gasteiger partial charge in [0.05, 0.1) is 14.2 Å². The summed E-state index contributed by atoms with van der Waals surface area (Å²) in [5.74, 6) is 0.777. The summed E-state index contributed by atoms with van der Waals surface area (Å²) in [6, 6.07) is 1.78. The largest absolute Gasteiger partial charge is 0.277 e. The molecule has 1 aromatic heterocycles. The molecule has 0 bridgehead atoms. The summed E-state index contributed by atoms with van der Waals surface area (Å²) in [4.78, 5) is 40.0. The molecule has 1 aromatic rings. The molecule has 0 saturated carbocycles. The lowest BCUT2D eigenvalue weighted by molar-refractivity contribution is -0.131. The maximum Gasteiger partial charge on any atom is 0.244 e. The molecule has 0 aromatic carbocycles. The predicted molar refractivity (Wildman–Crippen MR) is 83.0 cm³/mol. The molecule has 122 valence electrons. The summed E-state index contributed by atoms with van der Waals surface area (Å²) < 4.78 is 0. The van der Waals surface area contributed by atoms with Crippen LogP contribution in [0.25, 0.3) is 0 Å². The van der Waals surface area contributed by atoms with Gasteiger partial charge in [-0.2, -0.15) is 0 Å². The van der Waals surface area contributed by atoms with Crippen LogP contribution < -0.4 is 11.0 Å². The van der Waals surface area contributed by atoms with Crippen LogP contribution in [0.5, 0.6) is 0 Å². The highest BCUT2D eigenvalue weighted by atomic mass is 32.2. The van der Waals surface area contributed by atoms with Crippen molar-refractivity contribution in [2.24, 2.45) is 0 Å². The van der Waals surface area contributed by atoms with Gasteiger partial charge >= 0.3 is 0 Å². The van der Waals surface area contributed by atoms with Gasteiger partial charge in [0, 0.05) is 30.5 Å². The Morgan fingerprint density at radius 1 is 1.09 bits per heavy atom. The van der Waals surface area contributed by atoms with Gasteiger partial charge in [0.15, 0.2) is 5.16 Å². The van der Waals surface area contributed by atoms with Crippen LogP contribution in [0.3, 0.4) is 0 Å². The van der Waals surface area contributed by atoms with E-state index in [0.717, 1.165) is 5.03 Å². The molecule has 1 heterocycles. The van der Waals surface area contributed by atoms with E-state index in [0.29, 0.717) is 29.5 Å². The number of hydroxylamine groups is 2. The maximum atomic E-state index is 11.2. The van der Waals surface area contributed by atoms with Crippen molar-refractivity contribution in [2.75, 3.05) is 25.7 Å². The molecular weight excluding hydrogens is 328 g/mol. The smallest absolute Gasteiger partial charge is 0.244 e. The van der Waals surface area contributed by atoms with Crippen molar-refractivity contribution in [1.82, 2.24) is 20.9 Å². The van der Waals surface area contributed by atoms with Crippen LogP contribution >= 0.6 is 23.5 Å². The van der Waals surface area contributed by atoms with Crippen molar-refractivity contribution in [2.45, 2.75) is 23.0 Å². The van der Waals surface area contributed by atoms with E-state index in [-0.39, 0.29) is 11.8 Å². The number of carbonyl (C=O) groups is 2. The van der Waals surface area contributed by atoms with E-state index < -0.39 is 0 Å². The number of thioether (sulfide) groups is 2. The third-order valence-corrected chi connectivity index (χ3v) is 3.97. The fourth-order valence-corrected chi connectivity index (χ4v) is 2.92. The number of hydrogen-bond acceptors (Lipinski definition) is 8. The molecule has 0 aliphatic carbocycles. The molecule has 0 aliphatic rings. The highest BCUT2D eigenvalue weighted by molar-refractivity contribution is 7.99. The van der Waals surface area contributed by atoms with Crippen molar-refractivity contribution < 1.29 is 19.3 Å². The van der Waals surface area contributed by atoms with E-state index in [1.165, 1.54) is 37.7 Å². The molecule has 2 N–H and O–H groups in total. The van der Waals surface area contributed by atoms with E-state index in [2.05, 4.69) is 30.6 Å². The van der Waals surface area contributed by atoms with E-state index in [1.54, 1.807) is 12.3 Å². The molecule has 10 heteroatoms. The van der Waals surface area contributed by atoms with Gasteiger partial charge in [-0.1, -0.05) is 11.8 Å².